The van der Waals surface area contributed by atoms with Gasteiger partial charge in [0.25, 0.3) is 5.91 Å². The smallest absolute Gasteiger partial charge is 0.339 e. The second kappa shape index (κ2) is 7.26. The van der Waals surface area contributed by atoms with Gasteiger partial charge in [-0.05, 0) is 43.7 Å². The van der Waals surface area contributed by atoms with E-state index in [2.05, 4.69) is 15.3 Å². The molecular weight excluding hydrogens is 334 g/mol. The zero-order chi connectivity index (χ0) is 18.7. The van der Waals surface area contributed by atoms with Crippen LogP contribution in [0.4, 0.5) is 5.69 Å². The van der Waals surface area contributed by atoms with Crippen molar-refractivity contribution < 1.29 is 19.1 Å². The van der Waals surface area contributed by atoms with Gasteiger partial charge in [-0.2, -0.15) is 0 Å². The van der Waals surface area contributed by atoms with Gasteiger partial charge >= 0.3 is 5.97 Å². The van der Waals surface area contributed by atoms with Crippen LogP contribution >= 0.6 is 0 Å². The van der Waals surface area contributed by atoms with Crippen LogP contribution in [0.2, 0.25) is 0 Å². The van der Waals surface area contributed by atoms with E-state index in [1.165, 1.54) is 20.2 Å². The zero-order valence-electron chi connectivity index (χ0n) is 14.7. The number of amides is 1. The number of aryl methyl sites for hydroxylation is 1. The predicted molar refractivity (Wildman–Crippen MR) is 97.3 cm³/mol. The largest absolute Gasteiger partial charge is 0.495 e. The molecule has 2 aromatic heterocycles. The number of anilines is 1. The molecule has 0 radical (unpaired) electrons. The first-order valence-electron chi connectivity index (χ1n) is 8.08. The Kier molecular flexibility index (Phi) is 4.88. The second-order valence-corrected chi connectivity index (χ2v) is 5.84. The van der Waals surface area contributed by atoms with E-state index in [-0.39, 0.29) is 0 Å². The van der Waals surface area contributed by atoms with Crippen molar-refractivity contribution in [2.24, 2.45) is 0 Å². The number of fused-ring (bicyclic) bond motifs is 1. The third-order valence-corrected chi connectivity index (χ3v) is 3.95. The van der Waals surface area contributed by atoms with Crippen molar-refractivity contribution in [1.82, 2.24) is 9.97 Å². The van der Waals surface area contributed by atoms with Crippen molar-refractivity contribution in [3.63, 3.8) is 0 Å². The summed E-state index contributed by atoms with van der Waals surface area (Å²) in [7, 11) is 1.52. The number of pyridine rings is 1. The number of benzene rings is 1. The molecule has 1 amide bonds. The number of hydrogen-bond donors (Lipinski definition) is 2. The number of hydrogen-bond acceptors (Lipinski definition) is 5. The molecule has 0 saturated carbocycles. The van der Waals surface area contributed by atoms with Crippen molar-refractivity contribution in [3.8, 4) is 5.75 Å². The number of ether oxygens (including phenoxy) is 2. The summed E-state index contributed by atoms with van der Waals surface area (Å²) in [5.41, 5.74) is 2.43. The highest BCUT2D eigenvalue weighted by atomic mass is 16.5. The minimum atomic E-state index is -0.977. The molecule has 0 bridgehead atoms. The summed E-state index contributed by atoms with van der Waals surface area (Å²) in [6, 6.07) is 8.73. The van der Waals surface area contributed by atoms with E-state index in [1.807, 2.05) is 13.0 Å². The minimum absolute atomic E-state index is 0.351. The number of carbonyl (C=O) groups excluding carboxylic acids is 2. The van der Waals surface area contributed by atoms with E-state index in [4.69, 9.17) is 9.47 Å². The number of aromatic amines is 1. The lowest BCUT2D eigenvalue weighted by atomic mass is 10.2. The molecule has 3 rings (SSSR count). The molecule has 7 nitrogen and oxygen atoms in total. The van der Waals surface area contributed by atoms with E-state index in [9.17, 15) is 9.59 Å². The Morgan fingerprint density at radius 1 is 1.23 bits per heavy atom. The SMILES string of the molecule is COc1ccc(C)cc1NC(=O)C(C)OC(=O)c1ccnc2[nH]ccc12. The van der Waals surface area contributed by atoms with Crippen LogP contribution in [0.15, 0.2) is 42.7 Å². The summed E-state index contributed by atoms with van der Waals surface area (Å²) in [5.74, 6) is -0.497. The molecule has 0 fully saturated rings. The maximum atomic E-state index is 12.4. The summed E-state index contributed by atoms with van der Waals surface area (Å²) < 4.78 is 10.6. The average molecular weight is 353 g/mol. The van der Waals surface area contributed by atoms with Gasteiger partial charge < -0.3 is 19.8 Å². The van der Waals surface area contributed by atoms with Gasteiger partial charge in [0.1, 0.15) is 11.4 Å². The average Bonchev–Trinajstić information content (AvgIpc) is 3.10. The fraction of sp³-hybridized carbons (Fsp3) is 0.211. The van der Waals surface area contributed by atoms with Crippen LogP contribution in [-0.4, -0.2) is 35.1 Å². The van der Waals surface area contributed by atoms with E-state index in [0.29, 0.717) is 28.0 Å². The molecule has 1 unspecified atom stereocenters. The normalized spacial score (nSPS) is 11.8. The van der Waals surface area contributed by atoms with Crippen LogP contribution in [0.1, 0.15) is 22.8 Å². The third-order valence-electron chi connectivity index (χ3n) is 3.95. The van der Waals surface area contributed by atoms with E-state index in [0.717, 1.165) is 5.56 Å². The Labute approximate surface area is 150 Å². The van der Waals surface area contributed by atoms with Crippen molar-refractivity contribution in [1.29, 1.82) is 0 Å². The first kappa shape index (κ1) is 17.5. The van der Waals surface area contributed by atoms with E-state index >= 15 is 0 Å². The number of rotatable bonds is 5. The lowest BCUT2D eigenvalue weighted by Crippen LogP contribution is -2.30. The van der Waals surface area contributed by atoms with Gasteiger partial charge in [-0.15, -0.1) is 0 Å². The maximum Gasteiger partial charge on any atom is 0.339 e. The molecule has 26 heavy (non-hydrogen) atoms. The molecule has 0 aliphatic rings. The van der Waals surface area contributed by atoms with E-state index in [1.54, 1.807) is 30.5 Å². The summed E-state index contributed by atoms with van der Waals surface area (Å²) >= 11 is 0. The Balaban J connectivity index is 1.72. The predicted octanol–water partition coefficient (Wildman–Crippen LogP) is 3.06. The van der Waals surface area contributed by atoms with Gasteiger partial charge in [0.05, 0.1) is 18.4 Å². The minimum Gasteiger partial charge on any atom is -0.495 e. The molecular formula is C19H19N3O4. The summed E-state index contributed by atoms with van der Waals surface area (Å²) in [6.45, 7) is 3.43. The molecule has 1 atom stereocenters. The highest BCUT2D eigenvalue weighted by Gasteiger charge is 2.21. The number of nitrogens with one attached hydrogen (secondary N) is 2. The summed E-state index contributed by atoms with van der Waals surface area (Å²) in [5, 5.41) is 3.38. The maximum absolute atomic E-state index is 12.4. The Morgan fingerprint density at radius 2 is 2.04 bits per heavy atom. The molecule has 3 aromatic rings. The fourth-order valence-corrected chi connectivity index (χ4v) is 2.57. The van der Waals surface area contributed by atoms with Crippen LogP contribution in [0.3, 0.4) is 0 Å². The Bertz CT molecular complexity index is 964. The van der Waals surface area contributed by atoms with Crippen molar-refractivity contribution in [2.45, 2.75) is 20.0 Å². The Morgan fingerprint density at radius 3 is 2.81 bits per heavy atom. The quantitative estimate of drug-likeness (QED) is 0.688. The topological polar surface area (TPSA) is 93.3 Å². The van der Waals surface area contributed by atoms with Crippen LogP contribution < -0.4 is 10.1 Å². The van der Waals surface area contributed by atoms with Crippen molar-refractivity contribution in [3.05, 3.63) is 53.9 Å². The lowest BCUT2D eigenvalue weighted by molar-refractivity contribution is -0.123. The molecule has 0 spiro atoms. The molecule has 2 heterocycles. The van der Waals surface area contributed by atoms with Crippen LogP contribution in [0, 0.1) is 6.92 Å². The van der Waals surface area contributed by atoms with Crippen molar-refractivity contribution in [2.75, 3.05) is 12.4 Å². The standard InChI is InChI=1S/C19H19N3O4/c1-11-4-5-16(25-3)15(10-11)22-18(23)12(2)26-19(24)14-7-9-21-17-13(14)6-8-20-17/h4-10,12H,1-3H3,(H,20,21)(H,22,23). The van der Waals surface area contributed by atoms with Crippen molar-refractivity contribution >= 4 is 28.6 Å². The molecule has 0 saturated heterocycles. The van der Waals surface area contributed by atoms with Gasteiger partial charge in [0.2, 0.25) is 0 Å². The molecule has 1 aromatic carbocycles. The fourth-order valence-electron chi connectivity index (χ4n) is 2.57. The van der Waals surface area contributed by atoms with Gasteiger partial charge in [-0.1, -0.05) is 6.07 Å². The van der Waals surface area contributed by atoms with Gasteiger partial charge in [0, 0.05) is 17.8 Å². The monoisotopic (exact) mass is 353 g/mol. The van der Waals surface area contributed by atoms with Gasteiger partial charge in [-0.3, -0.25) is 4.79 Å². The molecule has 2 N–H and O–H groups in total. The number of methoxy groups -OCH3 is 1. The lowest BCUT2D eigenvalue weighted by Gasteiger charge is -2.16. The molecule has 0 aliphatic heterocycles. The molecule has 7 heteroatoms. The first-order chi connectivity index (χ1) is 12.5. The molecule has 134 valence electrons. The number of carbonyl (C=O) groups is 2. The van der Waals surface area contributed by atoms with Crippen LogP contribution in [0.5, 0.6) is 5.75 Å². The number of H-pyrrole nitrogens is 1. The molecule has 0 aliphatic carbocycles. The highest BCUT2D eigenvalue weighted by Crippen LogP contribution is 2.25. The zero-order valence-corrected chi connectivity index (χ0v) is 14.7. The second-order valence-electron chi connectivity index (χ2n) is 5.84. The van der Waals surface area contributed by atoms with Crippen LogP contribution in [0.25, 0.3) is 11.0 Å². The van der Waals surface area contributed by atoms with Gasteiger partial charge in [-0.25, -0.2) is 9.78 Å². The van der Waals surface area contributed by atoms with Crippen LogP contribution in [-0.2, 0) is 9.53 Å². The summed E-state index contributed by atoms with van der Waals surface area (Å²) in [4.78, 5) is 31.9. The third kappa shape index (κ3) is 3.51. The Hall–Kier alpha value is -3.35. The highest BCUT2D eigenvalue weighted by molar-refractivity contribution is 6.04. The van der Waals surface area contributed by atoms with Gasteiger partial charge in [0.15, 0.2) is 6.10 Å². The van der Waals surface area contributed by atoms with E-state index < -0.39 is 18.0 Å². The number of aromatic nitrogens is 2. The number of nitrogens with zero attached hydrogens (tertiary/aromatic N) is 1. The first-order valence-corrected chi connectivity index (χ1v) is 8.08. The number of esters is 1. The summed E-state index contributed by atoms with van der Waals surface area (Å²) in [6.07, 6.45) is 2.22.